The second-order valence-corrected chi connectivity index (χ2v) is 7.95. The normalized spacial score (nSPS) is 15.3. The van der Waals surface area contributed by atoms with Gasteiger partial charge in [-0.15, -0.1) is 0 Å². The summed E-state index contributed by atoms with van der Waals surface area (Å²) >= 11 is 0. The number of nitrogens with zero attached hydrogens (tertiary/aromatic N) is 1. The molecule has 0 spiro atoms. The third-order valence-corrected chi connectivity index (χ3v) is 5.51. The van der Waals surface area contributed by atoms with Crippen molar-refractivity contribution in [3.05, 3.63) is 23.8 Å². The summed E-state index contributed by atoms with van der Waals surface area (Å²) in [5, 5.41) is 2.60. The van der Waals surface area contributed by atoms with Crippen LogP contribution in [0.1, 0.15) is 10.4 Å². The van der Waals surface area contributed by atoms with Crippen LogP contribution in [0.3, 0.4) is 0 Å². The minimum Gasteiger partial charge on any atom is -0.497 e. The van der Waals surface area contributed by atoms with E-state index in [-0.39, 0.29) is 12.3 Å². The van der Waals surface area contributed by atoms with Gasteiger partial charge in [0.1, 0.15) is 11.5 Å². The SMILES string of the molecule is COc1cc(OC)cc(C(=O)NCCS(=O)(=O)NCCN2CCOCC2)c1. The molecule has 10 heteroatoms. The summed E-state index contributed by atoms with van der Waals surface area (Å²) in [6, 6.07) is 4.78. The van der Waals surface area contributed by atoms with E-state index >= 15 is 0 Å². The second-order valence-electron chi connectivity index (χ2n) is 6.02. The number of morpholine rings is 1. The molecule has 0 saturated carbocycles. The van der Waals surface area contributed by atoms with Gasteiger partial charge in [-0.25, -0.2) is 13.1 Å². The van der Waals surface area contributed by atoms with Crippen LogP contribution in [0, 0.1) is 0 Å². The standard InChI is InChI=1S/C17H27N3O6S/c1-24-15-11-14(12-16(13-15)25-2)17(21)18-4-10-27(22,23)19-3-5-20-6-8-26-9-7-20/h11-13,19H,3-10H2,1-2H3,(H,18,21). The quantitative estimate of drug-likeness (QED) is 0.554. The molecule has 0 radical (unpaired) electrons. The lowest BCUT2D eigenvalue weighted by Gasteiger charge is -2.26. The van der Waals surface area contributed by atoms with Crippen LogP contribution in [-0.2, 0) is 14.8 Å². The van der Waals surface area contributed by atoms with E-state index in [0.29, 0.717) is 43.4 Å². The summed E-state index contributed by atoms with van der Waals surface area (Å²) in [5.41, 5.74) is 0.337. The van der Waals surface area contributed by atoms with Gasteiger partial charge < -0.3 is 19.5 Å². The molecule has 1 heterocycles. The van der Waals surface area contributed by atoms with Gasteiger partial charge in [0.25, 0.3) is 5.91 Å². The van der Waals surface area contributed by atoms with Crippen molar-refractivity contribution in [2.45, 2.75) is 0 Å². The Labute approximate surface area is 160 Å². The first kappa shape index (κ1) is 21.4. The van der Waals surface area contributed by atoms with E-state index in [0.717, 1.165) is 13.1 Å². The van der Waals surface area contributed by atoms with Gasteiger partial charge in [0.05, 0.1) is 33.2 Å². The smallest absolute Gasteiger partial charge is 0.251 e. The summed E-state index contributed by atoms with van der Waals surface area (Å²) in [7, 11) is -0.475. The molecule has 0 bridgehead atoms. The predicted octanol–water partition coefficient (Wildman–Crippen LogP) is -0.315. The highest BCUT2D eigenvalue weighted by Crippen LogP contribution is 2.22. The number of hydrogen-bond donors (Lipinski definition) is 2. The number of carbonyl (C=O) groups is 1. The number of hydrogen-bond acceptors (Lipinski definition) is 7. The molecule has 1 aliphatic heterocycles. The number of carbonyl (C=O) groups excluding carboxylic acids is 1. The summed E-state index contributed by atoms with van der Waals surface area (Å²) < 4.78 is 42.1. The Bertz CT molecular complexity index is 697. The molecule has 1 amide bonds. The van der Waals surface area contributed by atoms with Crippen molar-refractivity contribution in [1.82, 2.24) is 14.9 Å². The highest BCUT2D eigenvalue weighted by molar-refractivity contribution is 7.89. The molecule has 1 fully saturated rings. The molecule has 0 aliphatic carbocycles. The first-order chi connectivity index (χ1) is 12.9. The van der Waals surface area contributed by atoms with Gasteiger partial charge in [0.15, 0.2) is 0 Å². The summed E-state index contributed by atoms with van der Waals surface area (Å²) in [4.78, 5) is 14.4. The van der Waals surface area contributed by atoms with Gasteiger partial charge in [0.2, 0.25) is 10.0 Å². The summed E-state index contributed by atoms with van der Waals surface area (Å²) in [5.74, 6) is 0.382. The van der Waals surface area contributed by atoms with Crippen LogP contribution in [0.15, 0.2) is 18.2 Å². The largest absolute Gasteiger partial charge is 0.497 e. The van der Waals surface area contributed by atoms with E-state index in [1.165, 1.54) is 14.2 Å². The van der Waals surface area contributed by atoms with Crippen LogP contribution in [-0.4, -0.2) is 85.1 Å². The van der Waals surface area contributed by atoms with Crippen molar-refractivity contribution in [3.63, 3.8) is 0 Å². The fourth-order valence-electron chi connectivity index (χ4n) is 2.60. The van der Waals surface area contributed by atoms with E-state index in [9.17, 15) is 13.2 Å². The molecular weight excluding hydrogens is 374 g/mol. The average Bonchev–Trinajstić information content (AvgIpc) is 2.68. The lowest BCUT2D eigenvalue weighted by atomic mass is 10.2. The van der Waals surface area contributed by atoms with E-state index in [1.807, 2.05) is 0 Å². The van der Waals surface area contributed by atoms with Gasteiger partial charge in [-0.05, 0) is 12.1 Å². The zero-order valence-electron chi connectivity index (χ0n) is 15.7. The Kier molecular flexibility index (Phi) is 8.29. The molecule has 2 N–H and O–H groups in total. The first-order valence-corrected chi connectivity index (χ1v) is 10.4. The molecule has 0 unspecified atom stereocenters. The van der Waals surface area contributed by atoms with E-state index in [1.54, 1.807) is 18.2 Å². The highest BCUT2D eigenvalue weighted by atomic mass is 32.2. The molecule has 1 aromatic carbocycles. The molecule has 9 nitrogen and oxygen atoms in total. The number of ether oxygens (including phenoxy) is 3. The Morgan fingerprint density at radius 3 is 2.33 bits per heavy atom. The Hall–Kier alpha value is -1.88. The maximum absolute atomic E-state index is 12.2. The molecule has 27 heavy (non-hydrogen) atoms. The van der Waals surface area contributed by atoms with Crippen molar-refractivity contribution in [3.8, 4) is 11.5 Å². The fraction of sp³-hybridized carbons (Fsp3) is 0.588. The van der Waals surface area contributed by atoms with Crippen LogP contribution in [0.4, 0.5) is 0 Å². The van der Waals surface area contributed by atoms with Crippen molar-refractivity contribution in [1.29, 1.82) is 0 Å². The number of amides is 1. The summed E-state index contributed by atoms with van der Waals surface area (Å²) in [6.07, 6.45) is 0. The van der Waals surface area contributed by atoms with Gasteiger partial charge in [0, 0.05) is 44.4 Å². The lowest BCUT2D eigenvalue weighted by Crippen LogP contribution is -2.42. The zero-order chi connectivity index (χ0) is 19.7. The van der Waals surface area contributed by atoms with Gasteiger partial charge in [-0.2, -0.15) is 0 Å². The molecule has 1 aromatic rings. The number of nitrogens with one attached hydrogen (secondary N) is 2. The molecule has 1 aliphatic rings. The zero-order valence-corrected chi connectivity index (χ0v) is 16.5. The minimum atomic E-state index is -3.46. The van der Waals surface area contributed by atoms with Crippen molar-refractivity contribution >= 4 is 15.9 Å². The Balaban J connectivity index is 1.76. The molecule has 0 aromatic heterocycles. The molecule has 0 atom stereocenters. The predicted molar refractivity (Wildman–Crippen MR) is 101 cm³/mol. The van der Waals surface area contributed by atoms with Gasteiger partial charge in [-0.3, -0.25) is 9.69 Å². The van der Waals surface area contributed by atoms with E-state index < -0.39 is 15.9 Å². The van der Waals surface area contributed by atoms with Crippen LogP contribution in [0.2, 0.25) is 0 Å². The second kappa shape index (κ2) is 10.5. The highest BCUT2D eigenvalue weighted by Gasteiger charge is 2.15. The third-order valence-electron chi connectivity index (χ3n) is 4.12. The van der Waals surface area contributed by atoms with Gasteiger partial charge in [-0.1, -0.05) is 0 Å². The number of sulfonamides is 1. The van der Waals surface area contributed by atoms with Crippen molar-refractivity contribution in [2.75, 3.05) is 65.9 Å². The van der Waals surface area contributed by atoms with Crippen LogP contribution in [0.25, 0.3) is 0 Å². The van der Waals surface area contributed by atoms with E-state index in [4.69, 9.17) is 14.2 Å². The fourth-order valence-corrected chi connectivity index (χ4v) is 3.51. The lowest BCUT2D eigenvalue weighted by molar-refractivity contribution is 0.0390. The molecule has 2 rings (SSSR count). The Morgan fingerprint density at radius 2 is 1.74 bits per heavy atom. The monoisotopic (exact) mass is 401 g/mol. The van der Waals surface area contributed by atoms with Crippen molar-refractivity contribution < 1.29 is 27.4 Å². The Morgan fingerprint density at radius 1 is 1.11 bits per heavy atom. The van der Waals surface area contributed by atoms with Gasteiger partial charge >= 0.3 is 0 Å². The molecule has 152 valence electrons. The minimum absolute atomic E-state index is 0.00520. The average molecular weight is 401 g/mol. The van der Waals surface area contributed by atoms with Crippen LogP contribution in [0.5, 0.6) is 11.5 Å². The topological polar surface area (TPSA) is 106 Å². The van der Waals surface area contributed by atoms with Crippen molar-refractivity contribution in [2.24, 2.45) is 0 Å². The van der Waals surface area contributed by atoms with Crippen LogP contribution < -0.4 is 19.5 Å². The number of rotatable bonds is 10. The third kappa shape index (κ3) is 7.33. The maximum atomic E-state index is 12.2. The molecule has 1 saturated heterocycles. The van der Waals surface area contributed by atoms with Crippen LogP contribution >= 0.6 is 0 Å². The maximum Gasteiger partial charge on any atom is 0.251 e. The van der Waals surface area contributed by atoms with E-state index in [2.05, 4.69) is 14.9 Å². The molecular formula is C17H27N3O6S. The summed E-state index contributed by atoms with van der Waals surface area (Å²) in [6.45, 7) is 3.94. The number of benzene rings is 1. The number of methoxy groups -OCH3 is 2. The first-order valence-electron chi connectivity index (χ1n) is 8.72.